The molecule has 0 aliphatic carbocycles. The fraction of sp³-hybridized carbons (Fsp3) is 0.267. The van der Waals surface area contributed by atoms with Crippen LogP contribution < -0.4 is 10.5 Å². The minimum atomic E-state index is 0.622. The molecule has 1 aromatic heterocycles. The molecule has 1 aromatic carbocycles. The Morgan fingerprint density at radius 3 is 2.53 bits per heavy atom. The van der Waals surface area contributed by atoms with E-state index in [0.717, 1.165) is 23.4 Å². The molecule has 100 valence electrons. The molecule has 4 heteroatoms. The highest BCUT2D eigenvalue weighted by Gasteiger charge is 2.04. The van der Waals surface area contributed by atoms with Gasteiger partial charge in [0, 0.05) is 18.9 Å². The number of rotatable bonds is 5. The molecule has 19 heavy (non-hydrogen) atoms. The number of anilines is 1. The number of pyridine rings is 1. The highest BCUT2D eigenvalue weighted by Crippen LogP contribution is 2.28. The molecule has 0 aliphatic heterocycles. The van der Waals surface area contributed by atoms with Crippen LogP contribution in [0.5, 0.6) is 5.75 Å². The normalized spacial score (nSPS) is 10.7. The van der Waals surface area contributed by atoms with Gasteiger partial charge in [-0.3, -0.25) is 4.98 Å². The van der Waals surface area contributed by atoms with Crippen LogP contribution >= 0.6 is 0 Å². The summed E-state index contributed by atoms with van der Waals surface area (Å²) in [6, 6.07) is 9.77. The van der Waals surface area contributed by atoms with Gasteiger partial charge in [-0.15, -0.1) is 0 Å². The molecule has 0 atom stereocenters. The molecule has 0 spiro atoms. The number of likely N-dealkylation sites (N-methyl/N-ethyl adjacent to an activating group) is 1. The number of aromatic nitrogens is 1. The summed E-state index contributed by atoms with van der Waals surface area (Å²) >= 11 is 0. The minimum absolute atomic E-state index is 0.622. The molecule has 0 bridgehead atoms. The Morgan fingerprint density at radius 2 is 1.84 bits per heavy atom. The van der Waals surface area contributed by atoms with Crippen LogP contribution in [-0.2, 0) is 0 Å². The molecule has 0 radical (unpaired) electrons. The van der Waals surface area contributed by atoms with Gasteiger partial charge < -0.3 is 15.4 Å². The average molecular weight is 257 g/mol. The maximum atomic E-state index is 5.93. The van der Waals surface area contributed by atoms with Gasteiger partial charge in [-0.1, -0.05) is 6.07 Å². The van der Waals surface area contributed by atoms with E-state index in [-0.39, 0.29) is 0 Å². The van der Waals surface area contributed by atoms with Crippen molar-refractivity contribution in [2.24, 2.45) is 0 Å². The molecule has 0 unspecified atom stereocenters. The molecular formula is C15H19N3O. The van der Waals surface area contributed by atoms with E-state index >= 15 is 0 Å². The smallest absolute Gasteiger partial charge is 0.142 e. The number of nitrogen functional groups attached to an aromatic ring is 1. The molecule has 0 fully saturated rings. The number of hydrogen-bond donors (Lipinski definition) is 1. The zero-order chi connectivity index (χ0) is 13.7. The van der Waals surface area contributed by atoms with Crippen molar-refractivity contribution in [1.82, 2.24) is 9.88 Å². The Hall–Kier alpha value is -2.07. The van der Waals surface area contributed by atoms with Gasteiger partial charge in [0.15, 0.2) is 0 Å². The summed E-state index contributed by atoms with van der Waals surface area (Å²) in [5.74, 6) is 0.733. The second-order valence-electron chi connectivity index (χ2n) is 4.64. The first-order chi connectivity index (χ1) is 9.16. The van der Waals surface area contributed by atoms with Crippen LogP contribution in [0.2, 0.25) is 0 Å². The van der Waals surface area contributed by atoms with Crippen molar-refractivity contribution in [2.75, 3.05) is 33.0 Å². The Morgan fingerprint density at radius 1 is 1.11 bits per heavy atom. The Labute approximate surface area is 113 Å². The van der Waals surface area contributed by atoms with E-state index < -0.39 is 0 Å². The van der Waals surface area contributed by atoms with Crippen molar-refractivity contribution in [1.29, 1.82) is 0 Å². The van der Waals surface area contributed by atoms with E-state index in [4.69, 9.17) is 10.5 Å². The average Bonchev–Trinajstić information content (AvgIpc) is 2.41. The van der Waals surface area contributed by atoms with Crippen molar-refractivity contribution in [3.63, 3.8) is 0 Å². The second kappa shape index (κ2) is 6.20. The lowest BCUT2D eigenvalue weighted by Crippen LogP contribution is -2.19. The van der Waals surface area contributed by atoms with Crippen LogP contribution in [0.25, 0.3) is 11.1 Å². The van der Waals surface area contributed by atoms with E-state index in [1.165, 1.54) is 0 Å². The van der Waals surface area contributed by atoms with Crippen LogP contribution in [0, 0.1) is 0 Å². The van der Waals surface area contributed by atoms with Crippen LogP contribution in [0.15, 0.2) is 42.7 Å². The van der Waals surface area contributed by atoms with Gasteiger partial charge >= 0.3 is 0 Å². The summed E-state index contributed by atoms with van der Waals surface area (Å²) < 4.78 is 5.73. The molecule has 0 saturated carbocycles. The molecule has 0 saturated heterocycles. The SMILES string of the molecule is CN(C)CCOc1cc(-c2ccncc2)ccc1N. The van der Waals surface area contributed by atoms with Crippen LogP contribution in [0.4, 0.5) is 5.69 Å². The number of hydrogen-bond acceptors (Lipinski definition) is 4. The largest absolute Gasteiger partial charge is 0.490 e. The standard InChI is InChI=1S/C15H19N3O/c1-18(2)9-10-19-15-11-13(3-4-14(15)16)12-5-7-17-8-6-12/h3-8,11H,9-10,16H2,1-2H3. The Kier molecular flexibility index (Phi) is 4.36. The Bertz CT molecular complexity index is 526. The lowest BCUT2D eigenvalue weighted by molar-refractivity contribution is 0.262. The molecular weight excluding hydrogens is 238 g/mol. The molecule has 2 rings (SSSR count). The Balaban J connectivity index is 2.15. The lowest BCUT2D eigenvalue weighted by Gasteiger charge is -2.13. The number of ether oxygens (including phenoxy) is 1. The fourth-order valence-electron chi connectivity index (χ4n) is 1.72. The maximum absolute atomic E-state index is 5.93. The fourth-order valence-corrected chi connectivity index (χ4v) is 1.72. The first-order valence-electron chi connectivity index (χ1n) is 6.24. The molecule has 0 aliphatic rings. The van der Waals surface area contributed by atoms with E-state index in [9.17, 15) is 0 Å². The predicted octanol–water partition coefficient (Wildman–Crippen LogP) is 2.27. The van der Waals surface area contributed by atoms with Gasteiger partial charge in [-0.05, 0) is 49.5 Å². The lowest BCUT2D eigenvalue weighted by atomic mass is 10.1. The molecule has 1 heterocycles. The highest BCUT2D eigenvalue weighted by molar-refractivity contribution is 5.69. The first kappa shape index (κ1) is 13.4. The van der Waals surface area contributed by atoms with E-state index in [0.29, 0.717) is 12.3 Å². The predicted molar refractivity (Wildman–Crippen MR) is 78.1 cm³/mol. The molecule has 2 aromatic rings. The first-order valence-corrected chi connectivity index (χ1v) is 6.24. The highest BCUT2D eigenvalue weighted by atomic mass is 16.5. The number of benzene rings is 1. The van der Waals surface area contributed by atoms with E-state index in [2.05, 4.69) is 9.88 Å². The van der Waals surface area contributed by atoms with Gasteiger partial charge in [0.1, 0.15) is 12.4 Å². The molecule has 2 N–H and O–H groups in total. The van der Waals surface area contributed by atoms with Gasteiger partial charge in [0.25, 0.3) is 0 Å². The summed E-state index contributed by atoms with van der Waals surface area (Å²) in [5, 5.41) is 0. The summed E-state index contributed by atoms with van der Waals surface area (Å²) in [4.78, 5) is 6.09. The van der Waals surface area contributed by atoms with Crippen molar-refractivity contribution < 1.29 is 4.74 Å². The third kappa shape index (κ3) is 3.69. The quantitative estimate of drug-likeness (QED) is 0.835. The van der Waals surface area contributed by atoms with Gasteiger partial charge in [-0.25, -0.2) is 0 Å². The third-order valence-electron chi connectivity index (χ3n) is 2.82. The van der Waals surface area contributed by atoms with Crippen molar-refractivity contribution in [3.8, 4) is 16.9 Å². The van der Waals surface area contributed by atoms with Crippen molar-refractivity contribution in [2.45, 2.75) is 0 Å². The molecule has 0 amide bonds. The topological polar surface area (TPSA) is 51.4 Å². The second-order valence-corrected chi connectivity index (χ2v) is 4.64. The zero-order valence-electron chi connectivity index (χ0n) is 11.3. The number of nitrogens with zero attached hydrogens (tertiary/aromatic N) is 2. The number of nitrogens with two attached hydrogens (primary N) is 1. The summed E-state index contributed by atoms with van der Waals surface area (Å²) in [6.45, 7) is 1.48. The van der Waals surface area contributed by atoms with Gasteiger partial charge in [0.2, 0.25) is 0 Å². The van der Waals surface area contributed by atoms with Crippen molar-refractivity contribution in [3.05, 3.63) is 42.7 Å². The van der Waals surface area contributed by atoms with Crippen molar-refractivity contribution >= 4 is 5.69 Å². The summed E-state index contributed by atoms with van der Waals surface area (Å²) in [5.41, 5.74) is 8.78. The summed E-state index contributed by atoms with van der Waals surface area (Å²) in [7, 11) is 4.03. The maximum Gasteiger partial charge on any atom is 0.142 e. The van der Waals surface area contributed by atoms with Crippen LogP contribution in [-0.4, -0.2) is 37.1 Å². The van der Waals surface area contributed by atoms with Gasteiger partial charge in [0.05, 0.1) is 5.69 Å². The van der Waals surface area contributed by atoms with Gasteiger partial charge in [-0.2, -0.15) is 0 Å². The zero-order valence-corrected chi connectivity index (χ0v) is 11.3. The molecule has 4 nitrogen and oxygen atoms in total. The van der Waals surface area contributed by atoms with Crippen LogP contribution in [0.3, 0.4) is 0 Å². The third-order valence-corrected chi connectivity index (χ3v) is 2.82. The van der Waals surface area contributed by atoms with E-state index in [1.807, 2.05) is 44.4 Å². The summed E-state index contributed by atoms with van der Waals surface area (Å²) in [6.07, 6.45) is 3.55. The minimum Gasteiger partial charge on any atom is -0.490 e. The van der Waals surface area contributed by atoms with Crippen LogP contribution in [0.1, 0.15) is 0 Å². The van der Waals surface area contributed by atoms with E-state index in [1.54, 1.807) is 12.4 Å². The monoisotopic (exact) mass is 257 g/mol.